The van der Waals surface area contributed by atoms with E-state index in [4.69, 9.17) is 9.47 Å². The number of thiophene rings is 1. The predicted octanol–water partition coefficient (Wildman–Crippen LogP) is 4.55. The predicted molar refractivity (Wildman–Crippen MR) is 127 cm³/mol. The Kier molecular flexibility index (Phi) is 8.56. The zero-order valence-electron chi connectivity index (χ0n) is 19.5. The second kappa shape index (κ2) is 11.4. The van der Waals surface area contributed by atoms with E-state index in [2.05, 4.69) is 25.3 Å². The van der Waals surface area contributed by atoms with E-state index < -0.39 is 0 Å². The molecule has 0 aliphatic carbocycles. The van der Waals surface area contributed by atoms with Crippen LogP contribution in [0.5, 0.6) is 11.5 Å². The third-order valence-corrected chi connectivity index (χ3v) is 7.09. The van der Waals surface area contributed by atoms with E-state index >= 15 is 0 Å². The summed E-state index contributed by atoms with van der Waals surface area (Å²) in [5.41, 5.74) is 1.14. The average Bonchev–Trinajstić information content (AvgIpc) is 3.30. The lowest BCUT2D eigenvalue weighted by Crippen LogP contribution is -2.48. The Bertz CT molecular complexity index is 913. The molecule has 2 heterocycles. The first-order valence-electron chi connectivity index (χ1n) is 11.4. The maximum atomic E-state index is 13.4. The fraction of sp³-hybridized carbons (Fsp3) is 0.520. The number of amides is 2. The van der Waals surface area contributed by atoms with Gasteiger partial charge in [0.15, 0.2) is 11.5 Å². The van der Waals surface area contributed by atoms with Crippen LogP contribution in [0, 0.1) is 5.92 Å². The van der Waals surface area contributed by atoms with Crippen LogP contribution in [0.3, 0.4) is 0 Å². The van der Waals surface area contributed by atoms with Crippen molar-refractivity contribution >= 4 is 23.2 Å². The summed E-state index contributed by atoms with van der Waals surface area (Å²) in [6.07, 6.45) is 2.20. The number of methoxy groups -OCH3 is 1. The van der Waals surface area contributed by atoms with Crippen molar-refractivity contribution in [2.45, 2.75) is 46.1 Å². The van der Waals surface area contributed by atoms with Crippen molar-refractivity contribution in [2.75, 3.05) is 33.4 Å². The van der Waals surface area contributed by atoms with Crippen LogP contribution in [0.2, 0.25) is 0 Å². The number of hydrogen-bond donors (Lipinski definition) is 0. The minimum absolute atomic E-state index is 0.0219. The molecule has 0 saturated heterocycles. The molecule has 0 fully saturated rings. The summed E-state index contributed by atoms with van der Waals surface area (Å²) in [6.45, 7) is 7.75. The molecule has 0 unspecified atom stereocenters. The topological polar surface area (TPSA) is 59.1 Å². The van der Waals surface area contributed by atoms with Crippen LogP contribution in [-0.2, 0) is 16.0 Å². The molecule has 174 valence electrons. The molecular weight excluding hydrogens is 424 g/mol. The molecule has 2 aromatic rings. The van der Waals surface area contributed by atoms with Crippen molar-refractivity contribution in [1.29, 1.82) is 0 Å². The fourth-order valence-electron chi connectivity index (χ4n) is 4.02. The molecule has 7 heteroatoms. The number of hydrogen-bond acceptors (Lipinski definition) is 5. The fourth-order valence-corrected chi connectivity index (χ4v) is 4.95. The largest absolute Gasteiger partial charge is 0.493 e. The maximum absolute atomic E-state index is 13.4. The van der Waals surface area contributed by atoms with E-state index in [0.717, 1.165) is 18.4 Å². The molecular formula is C25H34N2O4S. The number of benzene rings is 1. The van der Waals surface area contributed by atoms with Gasteiger partial charge in [-0.25, -0.2) is 0 Å². The summed E-state index contributed by atoms with van der Waals surface area (Å²) < 4.78 is 11.5. The van der Waals surface area contributed by atoms with Gasteiger partial charge in [0.25, 0.3) is 0 Å². The smallest absolute Gasteiger partial charge is 0.242 e. The van der Waals surface area contributed by atoms with Gasteiger partial charge < -0.3 is 19.3 Å². The lowest BCUT2D eigenvalue weighted by molar-refractivity contribution is -0.143. The molecule has 3 rings (SSSR count). The minimum atomic E-state index is -0.190. The number of para-hydroxylation sites is 2. The van der Waals surface area contributed by atoms with Gasteiger partial charge in [0.1, 0.15) is 6.61 Å². The van der Waals surface area contributed by atoms with E-state index in [-0.39, 0.29) is 24.4 Å². The molecule has 2 amide bonds. The van der Waals surface area contributed by atoms with E-state index in [9.17, 15) is 9.59 Å². The summed E-state index contributed by atoms with van der Waals surface area (Å²) >= 11 is 1.72. The summed E-state index contributed by atoms with van der Waals surface area (Å²) in [7, 11) is 1.62. The Morgan fingerprint density at radius 2 is 1.97 bits per heavy atom. The molecule has 0 N–H and O–H groups in total. The highest BCUT2D eigenvalue weighted by Gasteiger charge is 2.33. The van der Waals surface area contributed by atoms with Crippen LogP contribution in [0.25, 0.3) is 0 Å². The molecule has 0 spiro atoms. The highest BCUT2D eigenvalue weighted by atomic mass is 32.1. The normalized spacial score (nSPS) is 16.2. The lowest BCUT2D eigenvalue weighted by atomic mass is 10.00. The number of nitrogens with zero attached hydrogens (tertiary/aromatic N) is 2. The monoisotopic (exact) mass is 458 g/mol. The SMILES string of the molecule is CCC(=O)N(CC(=O)N1CCc2sccc2[C@@H]1COc1ccccc1OC)C[C@H](C)CC. The van der Waals surface area contributed by atoms with Gasteiger partial charge in [-0.15, -0.1) is 11.3 Å². The van der Waals surface area contributed by atoms with Gasteiger partial charge in [-0.05, 0) is 41.5 Å². The van der Waals surface area contributed by atoms with E-state index in [1.807, 2.05) is 36.1 Å². The highest BCUT2D eigenvalue weighted by molar-refractivity contribution is 7.10. The molecule has 1 aliphatic heterocycles. The zero-order valence-corrected chi connectivity index (χ0v) is 20.3. The highest BCUT2D eigenvalue weighted by Crippen LogP contribution is 2.35. The molecule has 6 nitrogen and oxygen atoms in total. The van der Waals surface area contributed by atoms with Gasteiger partial charge in [0.2, 0.25) is 11.8 Å². The van der Waals surface area contributed by atoms with Crippen LogP contribution in [0.1, 0.15) is 50.1 Å². The first kappa shape index (κ1) is 24.1. The molecule has 1 aromatic carbocycles. The van der Waals surface area contributed by atoms with Crippen LogP contribution in [0.4, 0.5) is 0 Å². The standard InChI is InChI=1S/C25H34N2O4S/c1-5-18(3)15-26(24(28)6-2)16-25(29)27-13-11-23-19(12-14-32-23)20(27)17-31-22-10-8-7-9-21(22)30-4/h7-10,12,14,18,20H,5-6,11,13,15-17H2,1-4H3/t18-,20+/m1/s1. The van der Waals surface area contributed by atoms with Gasteiger partial charge >= 0.3 is 0 Å². The Balaban J connectivity index is 1.78. The lowest BCUT2D eigenvalue weighted by Gasteiger charge is -2.37. The van der Waals surface area contributed by atoms with Gasteiger partial charge in [0, 0.05) is 24.4 Å². The van der Waals surface area contributed by atoms with Crippen molar-refractivity contribution in [3.63, 3.8) is 0 Å². The third-order valence-electron chi connectivity index (χ3n) is 6.09. The summed E-state index contributed by atoms with van der Waals surface area (Å²) in [6, 6.07) is 9.43. The van der Waals surface area contributed by atoms with Crippen molar-refractivity contribution in [3.8, 4) is 11.5 Å². The molecule has 0 saturated carbocycles. The second-order valence-corrected chi connectivity index (χ2v) is 9.26. The quantitative estimate of drug-likeness (QED) is 0.524. The zero-order chi connectivity index (χ0) is 23.1. The summed E-state index contributed by atoms with van der Waals surface area (Å²) in [4.78, 5) is 30.9. The number of ether oxygens (including phenoxy) is 2. The molecule has 2 atom stereocenters. The molecule has 32 heavy (non-hydrogen) atoms. The minimum Gasteiger partial charge on any atom is -0.493 e. The van der Waals surface area contributed by atoms with Crippen LogP contribution in [0.15, 0.2) is 35.7 Å². The Morgan fingerprint density at radius 3 is 2.66 bits per heavy atom. The first-order valence-corrected chi connectivity index (χ1v) is 12.3. The van der Waals surface area contributed by atoms with Gasteiger partial charge in [-0.3, -0.25) is 9.59 Å². The van der Waals surface area contributed by atoms with Gasteiger partial charge in [-0.1, -0.05) is 39.3 Å². The first-order chi connectivity index (χ1) is 15.5. The molecule has 0 radical (unpaired) electrons. The number of fused-ring (bicyclic) bond motifs is 1. The number of carbonyl (C=O) groups excluding carboxylic acids is 2. The van der Waals surface area contributed by atoms with Crippen molar-refractivity contribution < 1.29 is 19.1 Å². The average molecular weight is 459 g/mol. The molecule has 0 bridgehead atoms. The molecule has 1 aromatic heterocycles. The Hall–Kier alpha value is -2.54. The van der Waals surface area contributed by atoms with Gasteiger partial charge in [-0.2, -0.15) is 0 Å². The third kappa shape index (κ3) is 5.63. The Morgan fingerprint density at radius 1 is 1.22 bits per heavy atom. The number of carbonyl (C=O) groups is 2. The van der Waals surface area contributed by atoms with Crippen LogP contribution >= 0.6 is 11.3 Å². The van der Waals surface area contributed by atoms with Crippen molar-refractivity contribution in [2.24, 2.45) is 5.92 Å². The maximum Gasteiger partial charge on any atom is 0.242 e. The van der Waals surface area contributed by atoms with E-state index in [0.29, 0.717) is 43.5 Å². The van der Waals surface area contributed by atoms with Crippen molar-refractivity contribution in [3.05, 3.63) is 46.2 Å². The second-order valence-electron chi connectivity index (χ2n) is 8.26. The van der Waals surface area contributed by atoms with E-state index in [1.54, 1.807) is 23.3 Å². The molecule has 1 aliphatic rings. The summed E-state index contributed by atoms with van der Waals surface area (Å²) in [5.74, 6) is 1.67. The van der Waals surface area contributed by atoms with Gasteiger partial charge in [0.05, 0.1) is 19.7 Å². The summed E-state index contributed by atoms with van der Waals surface area (Å²) in [5, 5.41) is 2.07. The number of rotatable bonds is 10. The van der Waals surface area contributed by atoms with E-state index in [1.165, 1.54) is 4.88 Å². The Labute approximate surface area is 195 Å². The van der Waals surface area contributed by atoms with Crippen LogP contribution < -0.4 is 9.47 Å². The van der Waals surface area contributed by atoms with Crippen LogP contribution in [-0.4, -0.2) is 55.0 Å². The van der Waals surface area contributed by atoms with Crippen molar-refractivity contribution in [1.82, 2.24) is 9.80 Å².